The predicted molar refractivity (Wildman–Crippen MR) is 130 cm³/mol. The number of aliphatic imine (C=N–C) groups is 1. The highest BCUT2D eigenvalue weighted by Gasteiger charge is 2.32. The average molecular weight is 486 g/mol. The Kier molecular flexibility index (Phi) is 8.55. The van der Waals surface area contributed by atoms with E-state index in [0.717, 1.165) is 23.3 Å². The lowest BCUT2D eigenvalue weighted by atomic mass is 10.0. The highest BCUT2D eigenvalue weighted by Crippen LogP contribution is 2.30. The molecule has 3 aromatic carbocycles. The monoisotopic (exact) mass is 485 g/mol. The zero-order chi connectivity index (χ0) is 24.6. The second kappa shape index (κ2) is 11.6. The van der Waals surface area contributed by atoms with Gasteiger partial charge in [-0.1, -0.05) is 66.7 Å². The highest BCUT2D eigenvalue weighted by molar-refractivity contribution is 6.30. The van der Waals surface area contributed by atoms with Gasteiger partial charge in [0.1, 0.15) is 18.1 Å². The van der Waals surface area contributed by atoms with Crippen molar-refractivity contribution in [1.82, 2.24) is 0 Å². The number of hydrogen-bond donors (Lipinski definition) is 1. The van der Waals surface area contributed by atoms with Gasteiger partial charge in [-0.2, -0.15) is 13.2 Å². The van der Waals surface area contributed by atoms with Gasteiger partial charge in [0.25, 0.3) is 0 Å². The van der Waals surface area contributed by atoms with Crippen LogP contribution in [0, 0.1) is 0 Å². The molecule has 7 heteroatoms. The molecule has 0 atom stereocenters. The van der Waals surface area contributed by atoms with E-state index in [1.807, 2.05) is 42.5 Å². The molecule has 0 radical (unpaired) electrons. The van der Waals surface area contributed by atoms with Gasteiger partial charge >= 0.3 is 6.18 Å². The van der Waals surface area contributed by atoms with E-state index in [4.69, 9.17) is 16.3 Å². The number of halogens is 4. The van der Waals surface area contributed by atoms with Crippen molar-refractivity contribution in [1.29, 1.82) is 0 Å². The van der Waals surface area contributed by atoms with Crippen molar-refractivity contribution in [2.75, 3.05) is 6.54 Å². The van der Waals surface area contributed by atoms with Gasteiger partial charge in [-0.15, -0.1) is 0 Å². The van der Waals surface area contributed by atoms with Crippen LogP contribution in [0.2, 0.25) is 5.02 Å². The van der Waals surface area contributed by atoms with Crippen molar-refractivity contribution < 1.29 is 23.0 Å². The molecule has 0 aromatic heterocycles. The topological polar surface area (TPSA) is 41.8 Å². The summed E-state index contributed by atoms with van der Waals surface area (Å²) in [6.45, 7) is 3.74. The molecular formula is C27H23ClF3NO2. The first-order chi connectivity index (χ1) is 16.3. The molecule has 3 rings (SSSR count). The number of alkyl halides is 3. The summed E-state index contributed by atoms with van der Waals surface area (Å²) < 4.78 is 45.7. The van der Waals surface area contributed by atoms with Crippen molar-refractivity contribution >= 4 is 17.3 Å². The Bertz CT molecular complexity index is 1170. The van der Waals surface area contributed by atoms with Gasteiger partial charge in [-0.25, -0.2) is 0 Å². The molecule has 34 heavy (non-hydrogen) atoms. The zero-order valence-corrected chi connectivity index (χ0v) is 19.0. The van der Waals surface area contributed by atoms with Crippen LogP contribution in [0.4, 0.5) is 13.2 Å². The van der Waals surface area contributed by atoms with Crippen molar-refractivity contribution in [2.24, 2.45) is 4.99 Å². The SMILES string of the molecule is C=C/C(=C\C(=N/CCc1ccccc1)c1ccc(OCc2ccc(Cl)cc2)cc1O)C(F)(F)F. The Morgan fingerprint density at radius 2 is 1.71 bits per heavy atom. The van der Waals surface area contributed by atoms with Gasteiger partial charge in [0.05, 0.1) is 11.3 Å². The fraction of sp³-hybridized carbons (Fsp3) is 0.148. The summed E-state index contributed by atoms with van der Waals surface area (Å²) in [4.78, 5) is 4.36. The summed E-state index contributed by atoms with van der Waals surface area (Å²) in [5.74, 6) is 0.123. The van der Waals surface area contributed by atoms with Crippen LogP contribution in [0.5, 0.6) is 11.5 Å². The summed E-state index contributed by atoms with van der Waals surface area (Å²) in [5.41, 5.74) is 1.10. The minimum absolute atomic E-state index is 0.00454. The fourth-order valence-corrected chi connectivity index (χ4v) is 3.25. The van der Waals surface area contributed by atoms with Gasteiger partial charge in [-0.05, 0) is 47.9 Å². The van der Waals surface area contributed by atoms with E-state index < -0.39 is 11.7 Å². The Hall–Kier alpha value is -3.51. The lowest BCUT2D eigenvalue weighted by Gasteiger charge is -2.12. The van der Waals surface area contributed by atoms with Gasteiger partial charge < -0.3 is 9.84 Å². The number of rotatable bonds is 9. The van der Waals surface area contributed by atoms with E-state index in [2.05, 4.69) is 11.6 Å². The third-order valence-corrected chi connectivity index (χ3v) is 5.18. The maximum absolute atomic E-state index is 13.3. The van der Waals surface area contributed by atoms with Crippen LogP contribution in [0.3, 0.4) is 0 Å². The zero-order valence-electron chi connectivity index (χ0n) is 18.2. The number of allylic oxidation sites excluding steroid dienone is 3. The number of aromatic hydroxyl groups is 1. The number of nitrogens with zero attached hydrogens (tertiary/aromatic N) is 1. The standard InChI is InChI=1S/C27H23ClF3NO2/c1-2-21(27(29,30)31)16-25(32-15-14-19-6-4-3-5-7-19)24-13-12-23(17-26(24)33)34-18-20-8-10-22(28)11-9-20/h2-13,16-17,33H,1,14-15,18H2/b21-16+,32-25+. The molecule has 0 aliphatic rings. The quantitative estimate of drug-likeness (QED) is 0.254. The van der Waals surface area contributed by atoms with E-state index in [9.17, 15) is 18.3 Å². The number of ether oxygens (including phenoxy) is 1. The first-order valence-electron chi connectivity index (χ1n) is 10.5. The van der Waals surface area contributed by atoms with Crippen molar-refractivity contribution in [3.8, 4) is 11.5 Å². The van der Waals surface area contributed by atoms with Crippen LogP contribution in [0.15, 0.2) is 102 Å². The Balaban J connectivity index is 1.85. The third kappa shape index (κ3) is 7.25. The van der Waals surface area contributed by atoms with Gasteiger partial charge in [0.2, 0.25) is 0 Å². The molecule has 0 bridgehead atoms. The average Bonchev–Trinajstić information content (AvgIpc) is 2.81. The molecule has 0 fully saturated rings. The second-order valence-corrected chi connectivity index (χ2v) is 7.83. The van der Waals surface area contributed by atoms with Gasteiger partial charge in [0.15, 0.2) is 0 Å². The molecular weight excluding hydrogens is 463 g/mol. The van der Waals surface area contributed by atoms with Crippen LogP contribution in [0.25, 0.3) is 0 Å². The molecule has 176 valence electrons. The molecule has 0 aliphatic carbocycles. The molecule has 1 N–H and O–H groups in total. The fourth-order valence-electron chi connectivity index (χ4n) is 3.13. The summed E-state index contributed by atoms with van der Waals surface area (Å²) in [6.07, 6.45) is -2.44. The van der Waals surface area contributed by atoms with Crippen LogP contribution >= 0.6 is 11.6 Å². The van der Waals surface area contributed by atoms with E-state index in [-0.39, 0.29) is 30.2 Å². The molecule has 0 heterocycles. The lowest BCUT2D eigenvalue weighted by molar-refractivity contribution is -0.0880. The predicted octanol–water partition coefficient (Wildman–Crippen LogP) is 7.33. The summed E-state index contributed by atoms with van der Waals surface area (Å²) in [7, 11) is 0. The molecule has 3 nitrogen and oxygen atoms in total. The summed E-state index contributed by atoms with van der Waals surface area (Å²) in [5, 5.41) is 11.2. The molecule has 0 saturated carbocycles. The van der Waals surface area contributed by atoms with Crippen LogP contribution in [0.1, 0.15) is 16.7 Å². The molecule has 0 aliphatic heterocycles. The number of phenols is 1. The van der Waals surface area contributed by atoms with Gasteiger partial charge in [-0.3, -0.25) is 4.99 Å². The van der Waals surface area contributed by atoms with Crippen LogP contribution in [-0.4, -0.2) is 23.5 Å². The van der Waals surface area contributed by atoms with Crippen LogP contribution < -0.4 is 4.74 Å². The first-order valence-corrected chi connectivity index (χ1v) is 10.8. The highest BCUT2D eigenvalue weighted by atomic mass is 35.5. The largest absolute Gasteiger partial charge is 0.507 e. The maximum atomic E-state index is 13.3. The molecule has 0 amide bonds. The molecule has 3 aromatic rings. The minimum Gasteiger partial charge on any atom is -0.507 e. The first kappa shape index (κ1) is 25.1. The number of phenolic OH excluding ortho intramolecular Hbond substituents is 1. The van der Waals surface area contributed by atoms with E-state index in [1.54, 1.807) is 18.2 Å². The number of hydrogen-bond acceptors (Lipinski definition) is 3. The Morgan fingerprint density at radius 1 is 1.00 bits per heavy atom. The molecule has 0 spiro atoms. The Labute approximate surface area is 201 Å². The van der Waals surface area contributed by atoms with Crippen molar-refractivity contribution in [3.05, 3.63) is 119 Å². The van der Waals surface area contributed by atoms with Crippen molar-refractivity contribution in [2.45, 2.75) is 19.2 Å². The summed E-state index contributed by atoms with van der Waals surface area (Å²) >= 11 is 5.88. The molecule has 0 unspecified atom stereocenters. The van der Waals surface area contributed by atoms with E-state index in [1.165, 1.54) is 12.1 Å². The van der Waals surface area contributed by atoms with Crippen molar-refractivity contribution in [3.63, 3.8) is 0 Å². The summed E-state index contributed by atoms with van der Waals surface area (Å²) in [6, 6.07) is 21.0. The normalized spacial score (nSPS) is 12.5. The lowest BCUT2D eigenvalue weighted by Crippen LogP contribution is -2.13. The van der Waals surface area contributed by atoms with E-state index in [0.29, 0.717) is 17.2 Å². The smallest absolute Gasteiger partial charge is 0.416 e. The minimum atomic E-state index is -4.60. The van der Waals surface area contributed by atoms with E-state index >= 15 is 0 Å². The number of benzene rings is 3. The van der Waals surface area contributed by atoms with Gasteiger partial charge in [0, 0.05) is 23.2 Å². The van der Waals surface area contributed by atoms with Crippen LogP contribution in [-0.2, 0) is 13.0 Å². The molecule has 0 saturated heterocycles. The third-order valence-electron chi connectivity index (χ3n) is 4.93. The maximum Gasteiger partial charge on any atom is 0.416 e. The Morgan fingerprint density at radius 3 is 2.32 bits per heavy atom. The second-order valence-electron chi connectivity index (χ2n) is 7.40.